The van der Waals surface area contributed by atoms with Crippen LogP contribution < -0.4 is 0 Å². The summed E-state index contributed by atoms with van der Waals surface area (Å²) >= 11 is 0. The number of likely N-dealkylation sites (tertiary alicyclic amines) is 1. The topological polar surface area (TPSA) is 23.5 Å². The molecule has 1 saturated heterocycles. The van der Waals surface area contributed by atoms with E-state index in [1.807, 2.05) is 0 Å². The molecule has 1 aliphatic heterocycles. The third-order valence-electron chi connectivity index (χ3n) is 3.61. The molecule has 82 valence electrons. The fraction of sp³-hybridized carbons (Fsp3) is 1.00. The number of hydrogen-bond donors (Lipinski definition) is 1. The molecule has 0 radical (unpaired) electrons. The molecular formula is C12H23NO. The van der Waals surface area contributed by atoms with Crippen molar-refractivity contribution in [2.45, 2.75) is 51.6 Å². The quantitative estimate of drug-likeness (QED) is 0.732. The number of rotatable bonds is 2. The summed E-state index contributed by atoms with van der Waals surface area (Å²) in [6.07, 6.45) is 5.78. The second-order valence-corrected chi connectivity index (χ2v) is 6.09. The summed E-state index contributed by atoms with van der Waals surface area (Å²) < 4.78 is 0. The van der Waals surface area contributed by atoms with E-state index in [1.165, 1.54) is 19.3 Å². The molecule has 1 heterocycles. The van der Waals surface area contributed by atoms with Gasteiger partial charge in [-0.25, -0.2) is 0 Å². The van der Waals surface area contributed by atoms with Crippen molar-refractivity contribution in [1.29, 1.82) is 0 Å². The highest BCUT2D eigenvalue weighted by Gasteiger charge is 2.39. The Kier molecular flexibility index (Phi) is 2.61. The lowest BCUT2D eigenvalue weighted by molar-refractivity contribution is -0.0718. The molecule has 2 aliphatic rings. The molecule has 14 heavy (non-hydrogen) atoms. The number of aliphatic hydroxyl groups is 1. The molecule has 0 aromatic rings. The fourth-order valence-corrected chi connectivity index (χ4v) is 3.06. The van der Waals surface area contributed by atoms with Crippen LogP contribution in [0.15, 0.2) is 0 Å². The summed E-state index contributed by atoms with van der Waals surface area (Å²) in [6.45, 7) is 7.84. The van der Waals surface area contributed by atoms with Gasteiger partial charge in [-0.2, -0.15) is 0 Å². The second-order valence-electron chi connectivity index (χ2n) is 6.09. The molecule has 0 atom stereocenters. The summed E-state index contributed by atoms with van der Waals surface area (Å²) in [5.74, 6) is 0. The van der Waals surface area contributed by atoms with E-state index in [2.05, 4.69) is 18.7 Å². The summed E-state index contributed by atoms with van der Waals surface area (Å²) in [6, 6.07) is 0. The smallest absolute Gasteiger partial charge is 0.0774 e. The SMILES string of the molecule is CC1(C)CN(CC2(O)CCCCC2)C1. The Labute approximate surface area is 87.3 Å². The van der Waals surface area contributed by atoms with Gasteiger partial charge in [-0.15, -0.1) is 0 Å². The van der Waals surface area contributed by atoms with Crippen LogP contribution in [0.2, 0.25) is 0 Å². The third-order valence-corrected chi connectivity index (χ3v) is 3.61. The maximum Gasteiger partial charge on any atom is 0.0774 e. The number of β-amino-alcohol motifs (C(OH)–C–C–N with tert-alkyl or cyclic N) is 1. The van der Waals surface area contributed by atoms with E-state index in [0.717, 1.165) is 32.5 Å². The van der Waals surface area contributed by atoms with E-state index in [-0.39, 0.29) is 5.60 Å². The van der Waals surface area contributed by atoms with Crippen LogP contribution in [0.1, 0.15) is 46.0 Å². The van der Waals surface area contributed by atoms with Gasteiger partial charge in [0.2, 0.25) is 0 Å². The molecule has 1 N–H and O–H groups in total. The van der Waals surface area contributed by atoms with E-state index in [1.54, 1.807) is 0 Å². The molecule has 0 bridgehead atoms. The molecule has 2 fully saturated rings. The molecule has 0 aromatic heterocycles. The first-order chi connectivity index (χ1) is 6.49. The molecule has 0 aromatic carbocycles. The van der Waals surface area contributed by atoms with E-state index in [4.69, 9.17) is 0 Å². The van der Waals surface area contributed by atoms with E-state index >= 15 is 0 Å². The van der Waals surface area contributed by atoms with Crippen molar-refractivity contribution < 1.29 is 5.11 Å². The van der Waals surface area contributed by atoms with Crippen LogP contribution in [0.4, 0.5) is 0 Å². The van der Waals surface area contributed by atoms with Crippen molar-refractivity contribution in [3.63, 3.8) is 0 Å². The zero-order valence-corrected chi connectivity index (χ0v) is 9.55. The van der Waals surface area contributed by atoms with Gasteiger partial charge in [0.15, 0.2) is 0 Å². The van der Waals surface area contributed by atoms with Crippen LogP contribution in [0.5, 0.6) is 0 Å². The molecule has 0 unspecified atom stereocenters. The average molecular weight is 197 g/mol. The van der Waals surface area contributed by atoms with Gasteiger partial charge >= 0.3 is 0 Å². The van der Waals surface area contributed by atoms with Crippen LogP contribution in [0, 0.1) is 5.41 Å². The van der Waals surface area contributed by atoms with Crippen LogP contribution in [-0.2, 0) is 0 Å². The standard InChI is InChI=1S/C12H23NO/c1-11(2)8-13(9-11)10-12(14)6-4-3-5-7-12/h14H,3-10H2,1-2H3. The minimum atomic E-state index is -0.352. The average Bonchev–Trinajstić information content (AvgIpc) is 2.01. The maximum absolute atomic E-state index is 10.3. The first-order valence-corrected chi connectivity index (χ1v) is 5.94. The van der Waals surface area contributed by atoms with Gasteiger partial charge in [-0.3, -0.25) is 4.90 Å². The summed E-state index contributed by atoms with van der Waals surface area (Å²) in [5, 5.41) is 10.3. The van der Waals surface area contributed by atoms with Gasteiger partial charge < -0.3 is 5.11 Å². The highest BCUT2D eigenvalue weighted by molar-refractivity contribution is 4.93. The predicted molar refractivity (Wildman–Crippen MR) is 58.3 cm³/mol. The van der Waals surface area contributed by atoms with Crippen LogP contribution >= 0.6 is 0 Å². The normalized spacial score (nSPS) is 31.1. The minimum Gasteiger partial charge on any atom is -0.389 e. The van der Waals surface area contributed by atoms with Gasteiger partial charge in [-0.05, 0) is 18.3 Å². The Hall–Kier alpha value is -0.0800. The van der Waals surface area contributed by atoms with Crippen molar-refractivity contribution in [3.05, 3.63) is 0 Å². The van der Waals surface area contributed by atoms with Gasteiger partial charge in [-0.1, -0.05) is 33.1 Å². The first-order valence-electron chi connectivity index (χ1n) is 5.94. The second kappa shape index (κ2) is 3.49. The number of nitrogens with zero attached hydrogens (tertiary/aromatic N) is 1. The monoisotopic (exact) mass is 197 g/mol. The van der Waals surface area contributed by atoms with Crippen LogP contribution in [-0.4, -0.2) is 35.2 Å². The minimum absolute atomic E-state index is 0.352. The van der Waals surface area contributed by atoms with Gasteiger partial charge in [0, 0.05) is 19.6 Å². The molecule has 0 amide bonds. The molecule has 2 rings (SSSR count). The Balaban J connectivity index is 1.79. The maximum atomic E-state index is 10.3. The van der Waals surface area contributed by atoms with Crippen molar-refractivity contribution in [3.8, 4) is 0 Å². The predicted octanol–water partition coefficient (Wildman–Crippen LogP) is 2.02. The molecule has 1 aliphatic carbocycles. The highest BCUT2D eigenvalue weighted by atomic mass is 16.3. The Morgan fingerprint density at radius 3 is 2.14 bits per heavy atom. The molecule has 2 heteroatoms. The zero-order chi connectivity index (χ0) is 10.2. The Morgan fingerprint density at radius 1 is 1.07 bits per heavy atom. The largest absolute Gasteiger partial charge is 0.389 e. The number of hydrogen-bond acceptors (Lipinski definition) is 2. The zero-order valence-electron chi connectivity index (χ0n) is 9.55. The molecule has 1 saturated carbocycles. The summed E-state index contributed by atoms with van der Waals surface area (Å²) in [7, 11) is 0. The van der Waals surface area contributed by atoms with Crippen molar-refractivity contribution in [1.82, 2.24) is 4.90 Å². The first kappa shape index (κ1) is 10.4. The summed E-state index contributed by atoms with van der Waals surface area (Å²) in [4.78, 5) is 2.41. The Bertz CT molecular complexity index is 198. The van der Waals surface area contributed by atoms with Crippen LogP contribution in [0.25, 0.3) is 0 Å². The Morgan fingerprint density at radius 2 is 1.64 bits per heavy atom. The molecule has 0 spiro atoms. The van der Waals surface area contributed by atoms with Gasteiger partial charge in [0.1, 0.15) is 0 Å². The van der Waals surface area contributed by atoms with Gasteiger partial charge in [0.25, 0.3) is 0 Å². The van der Waals surface area contributed by atoms with Crippen molar-refractivity contribution in [2.24, 2.45) is 5.41 Å². The lowest BCUT2D eigenvalue weighted by atomic mass is 9.80. The highest BCUT2D eigenvalue weighted by Crippen LogP contribution is 2.34. The van der Waals surface area contributed by atoms with E-state index in [0.29, 0.717) is 5.41 Å². The lowest BCUT2D eigenvalue weighted by Gasteiger charge is -2.49. The van der Waals surface area contributed by atoms with E-state index in [9.17, 15) is 5.11 Å². The summed E-state index contributed by atoms with van der Waals surface area (Å²) in [5.41, 5.74) is 0.139. The van der Waals surface area contributed by atoms with Crippen molar-refractivity contribution in [2.75, 3.05) is 19.6 Å². The molecular weight excluding hydrogens is 174 g/mol. The molecule has 2 nitrogen and oxygen atoms in total. The van der Waals surface area contributed by atoms with Crippen LogP contribution in [0.3, 0.4) is 0 Å². The lowest BCUT2D eigenvalue weighted by Crippen LogP contribution is -2.58. The fourth-order valence-electron chi connectivity index (χ4n) is 3.06. The van der Waals surface area contributed by atoms with E-state index < -0.39 is 0 Å². The third kappa shape index (κ3) is 2.29. The van der Waals surface area contributed by atoms with Gasteiger partial charge in [0.05, 0.1) is 5.60 Å². The van der Waals surface area contributed by atoms with Crippen molar-refractivity contribution >= 4 is 0 Å².